The van der Waals surface area contributed by atoms with Gasteiger partial charge in [0.25, 0.3) is 5.91 Å². The molecule has 0 bridgehead atoms. The molecule has 0 spiro atoms. The number of amides is 2. The molecule has 156 valence electrons. The summed E-state index contributed by atoms with van der Waals surface area (Å²) in [7, 11) is 1.63. The molecule has 0 saturated heterocycles. The number of carbonyl (C=O) groups excluding carboxylic acids is 2. The lowest BCUT2D eigenvalue weighted by Crippen LogP contribution is -2.25. The van der Waals surface area contributed by atoms with Crippen molar-refractivity contribution < 1.29 is 19.1 Å². The average Bonchev–Trinajstić information content (AvgIpc) is 2.74. The van der Waals surface area contributed by atoms with Gasteiger partial charge in [-0.05, 0) is 49.2 Å². The minimum absolute atomic E-state index is 0.124. The largest absolute Gasteiger partial charge is 0.494 e. The fraction of sp³-hybridized carbons (Fsp3) is 0.364. The first-order valence-electron chi connectivity index (χ1n) is 9.76. The zero-order chi connectivity index (χ0) is 20.9. The minimum atomic E-state index is -0.179. The number of anilines is 2. The van der Waals surface area contributed by atoms with Crippen molar-refractivity contribution in [3.63, 3.8) is 0 Å². The molecule has 3 N–H and O–H groups in total. The van der Waals surface area contributed by atoms with Gasteiger partial charge in [-0.1, -0.05) is 13.0 Å². The maximum absolute atomic E-state index is 12.2. The third kappa shape index (κ3) is 8.23. The Balaban J connectivity index is 1.78. The molecule has 0 radical (unpaired) electrons. The van der Waals surface area contributed by atoms with E-state index in [0.29, 0.717) is 31.0 Å². The molecule has 0 aromatic heterocycles. The van der Waals surface area contributed by atoms with Gasteiger partial charge in [0, 0.05) is 43.3 Å². The highest BCUT2D eigenvalue weighted by Crippen LogP contribution is 2.17. The summed E-state index contributed by atoms with van der Waals surface area (Å²) in [6.07, 6.45) is 1.70. The van der Waals surface area contributed by atoms with Crippen LogP contribution < -0.4 is 20.7 Å². The van der Waals surface area contributed by atoms with Crippen molar-refractivity contribution >= 4 is 23.2 Å². The molecular formula is C22H29N3O4. The minimum Gasteiger partial charge on any atom is -0.494 e. The Kier molecular flexibility index (Phi) is 9.51. The van der Waals surface area contributed by atoms with Crippen LogP contribution in [0.4, 0.5) is 11.4 Å². The van der Waals surface area contributed by atoms with E-state index in [0.717, 1.165) is 24.3 Å². The molecule has 0 aliphatic heterocycles. The number of rotatable bonds is 12. The summed E-state index contributed by atoms with van der Waals surface area (Å²) in [5, 5.41) is 8.71. The normalized spacial score (nSPS) is 10.3. The van der Waals surface area contributed by atoms with Gasteiger partial charge in [-0.2, -0.15) is 0 Å². The van der Waals surface area contributed by atoms with Gasteiger partial charge in [-0.3, -0.25) is 9.59 Å². The molecule has 0 aliphatic rings. The van der Waals surface area contributed by atoms with Crippen LogP contribution >= 0.6 is 0 Å². The average molecular weight is 399 g/mol. The van der Waals surface area contributed by atoms with Gasteiger partial charge in [-0.25, -0.2) is 0 Å². The number of methoxy groups -OCH3 is 1. The Morgan fingerprint density at radius 2 is 1.79 bits per heavy atom. The molecule has 2 amide bonds. The molecule has 0 unspecified atom stereocenters. The molecule has 7 nitrogen and oxygen atoms in total. The molecule has 0 fully saturated rings. The van der Waals surface area contributed by atoms with E-state index in [-0.39, 0.29) is 18.4 Å². The quantitative estimate of drug-likeness (QED) is 0.477. The third-order valence-corrected chi connectivity index (χ3v) is 4.00. The van der Waals surface area contributed by atoms with Crippen LogP contribution in [0.1, 0.15) is 30.1 Å². The van der Waals surface area contributed by atoms with Crippen molar-refractivity contribution in [3.05, 3.63) is 54.1 Å². The molecule has 2 aromatic rings. The molecular weight excluding hydrogens is 370 g/mol. The smallest absolute Gasteiger partial charge is 0.251 e. The summed E-state index contributed by atoms with van der Waals surface area (Å²) in [6, 6.07) is 14.3. The number of ether oxygens (including phenoxy) is 2. The van der Waals surface area contributed by atoms with Crippen LogP contribution in [0.3, 0.4) is 0 Å². The summed E-state index contributed by atoms with van der Waals surface area (Å²) < 4.78 is 10.5. The fourth-order valence-corrected chi connectivity index (χ4v) is 2.53. The van der Waals surface area contributed by atoms with E-state index in [4.69, 9.17) is 9.47 Å². The molecule has 0 heterocycles. The van der Waals surface area contributed by atoms with Crippen LogP contribution in [0.5, 0.6) is 5.75 Å². The van der Waals surface area contributed by atoms with Gasteiger partial charge in [0.1, 0.15) is 5.75 Å². The number of hydrogen-bond acceptors (Lipinski definition) is 5. The Morgan fingerprint density at radius 3 is 2.52 bits per heavy atom. The van der Waals surface area contributed by atoms with E-state index in [2.05, 4.69) is 22.9 Å². The fourth-order valence-electron chi connectivity index (χ4n) is 2.53. The number of nitrogens with one attached hydrogen (secondary N) is 3. The van der Waals surface area contributed by atoms with Crippen molar-refractivity contribution in [2.24, 2.45) is 0 Å². The van der Waals surface area contributed by atoms with E-state index in [9.17, 15) is 9.59 Å². The molecule has 2 rings (SSSR count). The molecule has 0 saturated carbocycles. The summed E-state index contributed by atoms with van der Waals surface area (Å²) in [6.45, 7) is 4.00. The lowest BCUT2D eigenvalue weighted by atomic mass is 10.2. The first-order chi connectivity index (χ1) is 14.1. The first kappa shape index (κ1) is 22.2. The predicted octanol–water partition coefficient (Wildman–Crippen LogP) is 3.29. The number of benzene rings is 2. The molecule has 29 heavy (non-hydrogen) atoms. The Hall–Kier alpha value is -3.06. The summed E-state index contributed by atoms with van der Waals surface area (Å²) in [5.74, 6) is 0.445. The van der Waals surface area contributed by atoms with Crippen LogP contribution in [-0.4, -0.2) is 45.2 Å². The van der Waals surface area contributed by atoms with Gasteiger partial charge in [0.15, 0.2) is 0 Å². The zero-order valence-electron chi connectivity index (χ0n) is 17.0. The van der Waals surface area contributed by atoms with Gasteiger partial charge in [0.2, 0.25) is 5.91 Å². The van der Waals surface area contributed by atoms with E-state index >= 15 is 0 Å². The number of hydrogen-bond donors (Lipinski definition) is 3. The molecule has 7 heteroatoms. The van der Waals surface area contributed by atoms with Crippen LogP contribution in [0.25, 0.3) is 0 Å². The summed E-state index contributed by atoms with van der Waals surface area (Å²) in [4.78, 5) is 24.2. The highest BCUT2D eigenvalue weighted by molar-refractivity contribution is 5.96. The summed E-state index contributed by atoms with van der Waals surface area (Å²) in [5.41, 5.74) is 1.99. The number of carbonyl (C=O) groups is 2. The Bertz CT molecular complexity index is 778. The molecule has 0 atom stereocenters. The summed E-state index contributed by atoms with van der Waals surface area (Å²) >= 11 is 0. The van der Waals surface area contributed by atoms with E-state index in [1.54, 1.807) is 31.4 Å². The van der Waals surface area contributed by atoms with Crippen molar-refractivity contribution in [3.8, 4) is 5.75 Å². The predicted molar refractivity (Wildman–Crippen MR) is 115 cm³/mol. The van der Waals surface area contributed by atoms with Gasteiger partial charge in [-0.15, -0.1) is 0 Å². The lowest BCUT2D eigenvalue weighted by molar-refractivity contribution is -0.114. The topological polar surface area (TPSA) is 88.7 Å². The second kappa shape index (κ2) is 12.4. The standard InChI is InChI=1S/C22H29N3O4/c1-3-13-29-20-7-4-6-19(15-20)24-16-21(26)25-18-10-8-17(9-11-18)22(27)23-12-5-14-28-2/h4,6-11,15,24H,3,5,12-14,16H2,1-2H3,(H,23,27)(H,25,26). The first-order valence-corrected chi connectivity index (χ1v) is 9.76. The van der Waals surface area contributed by atoms with Crippen LogP contribution in [0.2, 0.25) is 0 Å². The second-order valence-corrected chi connectivity index (χ2v) is 6.46. The monoisotopic (exact) mass is 399 g/mol. The van der Waals surface area contributed by atoms with Crippen molar-refractivity contribution in [1.82, 2.24) is 5.32 Å². The van der Waals surface area contributed by atoms with Crippen LogP contribution in [0.15, 0.2) is 48.5 Å². The van der Waals surface area contributed by atoms with Gasteiger partial charge < -0.3 is 25.4 Å². The van der Waals surface area contributed by atoms with E-state index in [1.807, 2.05) is 24.3 Å². The van der Waals surface area contributed by atoms with E-state index in [1.165, 1.54) is 0 Å². The van der Waals surface area contributed by atoms with Gasteiger partial charge >= 0.3 is 0 Å². The maximum Gasteiger partial charge on any atom is 0.251 e. The molecule has 0 aliphatic carbocycles. The molecule has 2 aromatic carbocycles. The highest BCUT2D eigenvalue weighted by atomic mass is 16.5. The van der Waals surface area contributed by atoms with Crippen LogP contribution in [0, 0.1) is 0 Å². The lowest BCUT2D eigenvalue weighted by Gasteiger charge is -2.10. The van der Waals surface area contributed by atoms with Crippen molar-refractivity contribution in [2.75, 3.05) is 44.0 Å². The SMILES string of the molecule is CCCOc1cccc(NCC(=O)Nc2ccc(C(=O)NCCCOC)cc2)c1. The van der Waals surface area contributed by atoms with Crippen LogP contribution in [-0.2, 0) is 9.53 Å². The second-order valence-electron chi connectivity index (χ2n) is 6.46. The van der Waals surface area contributed by atoms with Crippen molar-refractivity contribution in [2.45, 2.75) is 19.8 Å². The highest BCUT2D eigenvalue weighted by Gasteiger charge is 2.07. The van der Waals surface area contributed by atoms with Gasteiger partial charge in [0.05, 0.1) is 13.2 Å². The Labute approximate surface area is 171 Å². The maximum atomic E-state index is 12.2. The van der Waals surface area contributed by atoms with Crippen molar-refractivity contribution in [1.29, 1.82) is 0 Å². The Morgan fingerprint density at radius 1 is 1.00 bits per heavy atom. The third-order valence-electron chi connectivity index (χ3n) is 4.00. The zero-order valence-corrected chi connectivity index (χ0v) is 17.0. The van der Waals surface area contributed by atoms with E-state index < -0.39 is 0 Å².